The van der Waals surface area contributed by atoms with Gasteiger partial charge in [-0.1, -0.05) is 0 Å². The number of piperazine rings is 1. The molecule has 0 N–H and O–H groups in total. The summed E-state index contributed by atoms with van der Waals surface area (Å²) >= 11 is 0. The summed E-state index contributed by atoms with van der Waals surface area (Å²) in [5.74, 6) is 0. The van der Waals surface area contributed by atoms with E-state index in [-0.39, 0.29) is 35.8 Å². The predicted octanol–water partition coefficient (Wildman–Crippen LogP) is -0.306. The highest BCUT2D eigenvalue weighted by Gasteiger charge is 2.42. The van der Waals surface area contributed by atoms with Crippen LogP contribution in [-0.2, 0) is 10.0 Å². The lowest BCUT2D eigenvalue weighted by atomic mass is 10.2. The number of hydrogen-bond donors (Lipinski definition) is 0. The molecule has 0 aliphatic carbocycles. The SMILES string of the molecule is CN1CC2CN(S(=O)(=O)c3cccnc3C#N)CCN2C1=O. The van der Waals surface area contributed by atoms with E-state index in [0.29, 0.717) is 13.1 Å². The Morgan fingerprint density at radius 3 is 2.86 bits per heavy atom. The van der Waals surface area contributed by atoms with Gasteiger partial charge in [-0.3, -0.25) is 0 Å². The first-order chi connectivity index (χ1) is 10.4. The van der Waals surface area contributed by atoms with Crippen molar-refractivity contribution in [3.05, 3.63) is 24.0 Å². The van der Waals surface area contributed by atoms with Crippen molar-refractivity contribution in [2.24, 2.45) is 0 Å². The highest BCUT2D eigenvalue weighted by Crippen LogP contribution is 2.25. The molecule has 1 atom stereocenters. The van der Waals surface area contributed by atoms with E-state index in [2.05, 4.69) is 4.98 Å². The molecule has 0 saturated carbocycles. The lowest BCUT2D eigenvalue weighted by molar-refractivity contribution is 0.161. The van der Waals surface area contributed by atoms with Crippen molar-refractivity contribution in [1.82, 2.24) is 19.1 Å². The number of likely N-dealkylation sites (N-methyl/N-ethyl adjacent to an activating group) is 1. The third-order valence-corrected chi connectivity index (χ3v) is 5.89. The van der Waals surface area contributed by atoms with Crippen LogP contribution in [0.25, 0.3) is 0 Å². The van der Waals surface area contributed by atoms with Crippen molar-refractivity contribution in [2.75, 3.05) is 33.2 Å². The second kappa shape index (κ2) is 5.23. The molecule has 0 spiro atoms. The molecule has 116 valence electrons. The molecular weight excluding hydrogens is 306 g/mol. The first kappa shape index (κ1) is 14.7. The van der Waals surface area contributed by atoms with Crippen LogP contribution in [0.1, 0.15) is 5.69 Å². The van der Waals surface area contributed by atoms with Gasteiger partial charge in [-0.25, -0.2) is 18.2 Å². The molecule has 3 heterocycles. The van der Waals surface area contributed by atoms with Crippen molar-refractivity contribution in [3.63, 3.8) is 0 Å². The monoisotopic (exact) mass is 321 g/mol. The van der Waals surface area contributed by atoms with E-state index in [1.165, 1.54) is 22.6 Å². The van der Waals surface area contributed by atoms with Gasteiger partial charge in [-0.05, 0) is 12.1 Å². The number of fused-ring (bicyclic) bond motifs is 1. The zero-order chi connectivity index (χ0) is 15.9. The summed E-state index contributed by atoms with van der Waals surface area (Å²) in [5.41, 5.74) is -0.107. The Hall–Kier alpha value is -2.18. The molecule has 1 aromatic heterocycles. The Morgan fingerprint density at radius 2 is 2.14 bits per heavy atom. The molecule has 2 aliphatic heterocycles. The van der Waals surface area contributed by atoms with E-state index in [1.54, 1.807) is 16.8 Å². The second-order valence-corrected chi connectivity index (χ2v) is 7.24. The molecule has 2 aliphatic rings. The standard InChI is InChI=1S/C13H15N5O3S/c1-16-8-10-9-17(5-6-18(10)13(16)19)22(20,21)12-3-2-4-15-11(12)7-14/h2-4,10H,5-6,8-9H2,1H3. The van der Waals surface area contributed by atoms with Crippen LogP contribution in [0.3, 0.4) is 0 Å². The fraction of sp³-hybridized carbons (Fsp3) is 0.462. The van der Waals surface area contributed by atoms with Crippen LogP contribution < -0.4 is 0 Å². The molecule has 22 heavy (non-hydrogen) atoms. The Bertz CT molecular complexity index is 757. The molecule has 2 saturated heterocycles. The number of carbonyl (C=O) groups is 1. The highest BCUT2D eigenvalue weighted by molar-refractivity contribution is 7.89. The minimum atomic E-state index is -3.79. The number of urea groups is 1. The summed E-state index contributed by atoms with van der Waals surface area (Å²) in [6, 6.07) is 4.48. The number of rotatable bonds is 2. The van der Waals surface area contributed by atoms with Crippen LogP contribution in [0, 0.1) is 11.3 Å². The van der Waals surface area contributed by atoms with Crippen LogP contribution in [0.2, 0.25) is 0 Å². The zero-order valence-corrected chi connectivity index (χ0v) is 12.8. The summed E-state index contributed by atoms with van der Waals surface area (Å²) in [7, 11) is -2.08. The molecule has 3 rings (SSSR count). The van der Waals surface area contributed by atoms with Gasteiger partial charge in [-0.15, -0.1) is 0 Å². The molecule has 9 heteroatoms. The number of amides is 2. The van der Waals surface area contributed by atoms with Gasteiger partial charge < -0.3 is 9.80 Å². The zero-order valence-electron chi connectivity index (χ0n) is 12.0. The number of carbonyl (C=O) groups excluding carboxylic acids is 1. The van der Waals surface area contributed by atoms with Crippen LogP contribution in [-0.4, -0.2) is 72.8 Å². The van der Waals surface area contributed by atoms with Gasteiger partial charge in [0.2, 0.25) is 10.0 Å². The summed E-state index contributed by atoms with van der Waals surface area (Å²) < 4.78 is 26.8. The normalized spacial score (nSPS) is 22.5. The lowest BCUT2D eigenvalue weighted by Gasteiger charge is -2.35. The van der Waals surface area contributed by atoms with E-state index < -0.39 is 10.0 Å². The maximum Gasteiger partial charge on any atom is 0.320 e. The van der Waals surface area contributed by atoms with E-state index in [1.807, 2.05) is 6.07 Å². The van der Waals surface area contributed by atoms with Gasteiger partial charge in [0.1, 0.15) is 11.0 Å². The minimum Gasteiger partial charge on any atom is -0.326 e. The van der Waals surface area contributed by atoms with Gasteiger partial charge in [-0.2, -0.15) is 9.57 Å². The van der Waals surface area contributed by atoms with Crippen molar-refractivity contribution in [2.45, 2.75) is 10.9 Å². The average molecular weight is 321 g/mol. The molecule has 0 radical (unpaired) electrons. The second-order valence-electron chi connectivity index (χ2n) is 5.34. The molecule has 2 fully saturated rings. The Labute approximate surface area is 128 Å². The van der Waals surface area contributed by atoms with Crippen LogP contribution in [0.5, 0.6) is 0 Å². The van der Waals surface area contributed by atoms with Crippen molar-refractivity contribution in [1.29, 1.82) is 5.26 Å². The molecule has 0 bridgehead atoms. The van der Waals surface area contributed by atoms with Crippen LogP contribution in [0.15, 0.2) is 23.2 Å². The number of nitrogens with zero attached hydrogens (tertiary/aromatic N) is 5. The topological polar surface area (TPSA) is 97.6 Å². The van der Waals surface area contributed by atoms with Gasteiger partial charge in [0.25, 0.3) is 0 Å². The number of pyridine rings is 1. The van der Waals surface area contributed by atoms with Crippen molar-refractivity contribution < 1.29 is 13.2 Å². The summed E-state index contributed by atoms with van der Waals surface area (Å²) in [4.78, 5) is 18.9. The smallest absolute Gasteiger partial charge is 0.320 e. The molecular formula is C13H15N5O3S. The lowest BCUT2D eigenvalue weighted by Crippen LogP contribution is -2.53. The number of hydrogen-bond acceptors (Lipinski definition) is 5. The number of sulfonamides is 1. The molecule has 8 nitrogen and oxygen atoms in total. The maximum atomic E-state index is 12.7. The maximum absolute atomic E-state index is 12.7. The fourth-order valence-electron chi connectivity index (χ4n) is 2.89. The van der Waals surface area contributed by atoms with E-state index in [4.69, 9.17) is 5.26 Å². The first-order valence-corrected chi connectivity index (χ1v) is 8.26. The molecule has 1 unspecified atom stereocenters. The van der Waals surface area contributed by atoms with E-state index in [0.717, 1.165) is 0 Å². The van der Waals surface area contributed by atoms with Gasteiger partial charge in [0.15, 0.2) is 5.69 Å². The molecule has 0 aromatic carbocycles. The molecule has 1 aromatic rings. The summed E-state index contributed by atoms with van der Waals surface area (Å²) in [6.45, 7) is 1.31. The van der Waals surface area contributed by atoms with Gasteiger partial charge in [0, 0.05) is 39.4 Å². The minimum absolute atomic E-state index is 0.0684. The summed E-state index contributed by atoms with van der Waals surface area (Å²) in [5, 5.41) is 9.04. The van der Waals surface area contributed by atoms with Crippen LogP contribution >= 0.6 is 0 Å². The fourth-order valence-corrected chi connectivity index (χ4v) is 4.45. The average Bonchev–Trinajstić information content (AvgIpc) is 2.81. The number of aromatic nitrogens is 1. The third kappa shape index (κ3) is 2.20. The van der Waals surface area contributed by atoms with Gasteiger partial charge >= 0.3 is 6.03 Å². The van der Waals surface area contributed by atoms with Crippen molar-refractivity contribution >= 4 is 16.1 Å². The van der Waals surface area contributed by atoms with Crippen molar-refractivity contribution in [3.8, 4) is 6.07 Å². The quantitative estimate of drug-likeness (QED) is 0.744. The Morgan fingerprint density at radius 1 is 1.36 bits per heavy atom. The Kier molecular flexibility index (Phi) is 3.50. The van der Waals surface area contributed by atoms with E-state index in [9.17, 15) is 13.2 Å². The largest absolute Gasteiger partial charge is 0.326 e. The van der Waals surface area contributed by atoms with Crippen LogP contribution in [0.4, 0.5) is 4.79 Å². The highest BCUT2D eigenvalue weighted by atomic mass is 32.2. The van der Waals surface area contributed by atoms with Gasteiger partial charge in [0.05, 0.1) is 6.04 Å². The predicted molar refractivity (Wildman–Crippen MR) is 76.2 cm³/mol. The van der Waals surface area contributed by atoms with E-state index >= 15 is 0 Å². The molecule has 2 amide bonds. The first-order valence-electron chi connectivity index (χ1n) is 6.82. The number of nitriles is 1. The third-order valence-electron chi connectivity index (χ3n) is 4.00. The Balaban J connectivity index is 1.89. The summed E-state index contributed by atoms with van der Waals surface area (Å²) in [6.07, 6.45) is 1.39.